The summed E-state index contributed by atoms with van der Waals surface area (Å²) in [5.41, 5.74) is 2.22. The van der Waals surface area contributed by atoms with E-state index in [4.69, 9.17) is 32.4 Å². The summed E-state index contributed by atoms with van der Waals surface area (Å²) in [7, 11) is -2.72. The third-order valence-corrected chi connectivity index (χ3v) is 13.1. The van der Waals surface area contributed by atoms with E-state index < -0.39 is 8.32 Å². The van der Waals surface area contributed by atoms with Crippen molar-refractivity contribution in [2.75, 3.05) is 6.61 Å². The zero-order chi connectivity index (χ0) is 27.5. The first-order chi connectivity index (χ1) is 18.8. The lowest BCUT2D eigenvalue weighted by Crippen LogP contribution is -2.67. The van der Waals surface area contributed by atoms with Crippen LogP contribution >= 0.6 is 23.2 Å². The molecule has 0 radical (unpaired) electrons. The number of benzene rings is 4. The fraction of sp³-hybridized carbons (Fsp3) is 0.235. The molecule has 0 N–H and O–H groups in total. The maximum absolute atomic E-state index is 7.32. The van der Waals surface area contributed by atoms with Crippen molar-refractivity contribution >= 4 is 41.9 Å². The van der Waals surface area contributed by atoms with Gasteiger partial charge in [-0.15, -0.1) is 0 Å². The Morgan fingerprint density at radius 3 is 1.64 bits per heavy atom. The molecule has 0 saturated carbocycles. The molecule has 1 heterocycles. The van der Waals surface area contributed by atoms with Crippen LogP contribution in [0.3, 0.4) is 0 Å². The molecular weight excluding hydrogens is 539 g/mol. The van der Waals surface area contributed by atoms with Crippen LogP contribution in [0.1, 0.15) is 43.9 Å². The summed E-state index contributed by atoms with van der Waals surface area (Å²) in [6.45, 7) is 7.35. The van der Waals surface area contributed by atoms with Gasteiger partial charge in [0, 0.05) is 16.0 Å². The van der Waals surface area contributed by atoms with Gasteiger partial charge in [-0.25, -0.2) is 0 Å². The second-order valence-corrected chi connectivity index (χ2v) is 16.3. The zero-order valence-electron chi connectivity index (χ0n) is 22.6. The van der Waals surface area contributed by atoms with E-state index in [1.54, 1.807) is 0 Å². The Labute approximate surface area is 243 Å². The quantitative estimate of drug-likeness (QED) is 0.163. The van der Waals surface area contributed by atoms with E-state index in [1.807, 2.05) is 36.4 Å². The molecular formula is C34H34Cl2O2Si. The maximum Gasteiger partial charge on any atom is 0.261 e. The van der Waals surface area contributed by atoms with E-state index in [0.717, 1.165) is 16.1 Å². The predicted molar refractivity (Wildman–Crippen MR) is 166 cm³/mol. The standard InChI is InChI=1S/C34H34Cl2O2Si/c1-34(2,3)39(29-10-6-4-7-11-29,30-12-8-5-9-13-30)37-24-33-31(25-14-18-27(35)19-15-25)22-23-32(38-33)26-16-20-28(36)21-17-26/h4-23,31-33H,24H2,1-3H3/t31-,32-,33-/m1/s1. The lowest BCUT2D eigenvalue weighted by Gasteiger charge is -2.44. The predicted octanol–water partition coefficient (Wildman–Crippen LogP) is 8.35. The lowest BCUT2D eigenvalue weighted by atomic mass is 9.90. The van der Waals surface area contributed by atoms with E-state index in [0.29, 0.717) is 11.6 Å². The van der Waals surface area contributed by atoms with Gasteiger partial charge in [-0.05, 0) is 50.8 Å². The first-order valence-corrected chi connectivity index (χ1v) is 16.0. The van der Waals surface area contributed by atoms with E-state index in [9.17, 15) is 0 Å². The summed E-state index contributed by atoms with van der Waals surface area (Å²) in [5, 5.41) is 3.83. The topological polar surface area (TPSA) is 18.5 Å². The van der Waals surface area contributed by atoms with E-state index in [2.05, 4.69) is 106 Å². The van der Waals surface area contributed by atoms with Gasteiger partial charge < -0.3 is 9.16 Å². The first-order valence-electron chi connectivity index (χ1n) is 13.4. The highest BCUT2D eigenvalue weighted by Gasteiger charge is 2.50. The SMILES string of the molecule is CC(C)(C)[Si](OC[C@H]1O[C@@H](c2ccc(Cl)cc2)C=C[C@@H]1c1ccc(Cl)cc1)(c1ccccc1)c1ccccc1. The molecule has 0 bridgehead atoms. The molecule has 4 aromatic carbocycles. The third-order valence-electron chi connectivity index (χ3n) is 7.55. The highest BCUT2D eigenvalue weighted by molar-refractivity contribution is 6.99. The van der Waals surface area contributed by atoms with Crippen LogP contribution in [0.5, 0.6) is 0 Å². The molecule has 0 spiro atoms. The van der Waals surface area contributed by atoms with Crippen molar-refractivity contribution in [3.05, 3.63) is 143 Å². The highest BCUT2D eigenvalue weighted by atomic mass is 35.5. The molecule has 3 atom stereocenters. The Kier molecular flexibility index (Phi) is 8.46. The normalized spacial score (nSPS) is 19.7. The van der Waals surface area contributed by atoms with Crippen molar-refractivity contribution in [2.45, 2.75) is 43.9 Å². The summed E-state index contributed by atoms with van der Waals surface area (Å²) in [5.74, 6) is 0.0315. The van der Waals surface area contributed by atoms with E-state index in [-0.39, 0.29) is 23.2 Å². The van der Waals surface area contributed by atoms with Gasteiger partial charge in [-0.2, -0.15) is 0 Å². The summed E-state index contributed by atoms with van der Waals surface area (Å²) in [6.07, 6.45) is 4.02. The second-order valence-electron chi connectivity index (χ2n) is 11.1. The fourth-order valence-electron chi connectivity index (χ4n) is 5.63. The van der Waals surface area contributed by atoms with Gasteiger partial charge in [-0.1, -0.05) is 141 Å². The fourth-order valence-corrected chi connectivity index (χ4v) is 10.4. The van der Waals surface area contributed by atoms with Gasteiger partial charge in [-0.3, -0.25) is 0 Å². The summed E-state index contributed by atoms with van der Waals surface area (Å²) < 4.78 is 14.1. The Morgan fingerprint density at radius 1 is 0.667 bits per heavy atom. The molecule has 200 valence electrons. The van der Waals surface area contributed by atoms with E-state index in [1.165, 1.54) is 10.4 Å². The summed E-state index contributed by atoms with van der Waals surface area (Å²) in [4.78, 5) is 0. The Hall–Kier alpha value is -2.66. The largest absolute Gasteiger partial charge is 0.405 e. The van der Waals surface area contributed by atoms with Crippen LogP contribution in [0.4, 0.5) is 0 Å². The van der Waals surface area contributed by atoms with Gasteiger partial charge >= 0.3 is 0 Å². The molecule has 1 aliphatic rings. The molecule has 4 aromatic rings. The average molecular weight is 574 g/mol. The molecule has 0 amide bonds. The van der Waals surface area contributed by atoms with Crippen LogP contribution in [0.2, 0.25) is 15.1 Å². The monoisotopic (exact) mass is 572 g/mol. The zero-order valence-corrected chi connectivity index (χ0v) is 25.1. The van der Waals surface area contributed by atoms with Crippen LogP contribution < -0.4 is 10.4 Å². The third kappa shape index (κ3) is 5.94. The molecule has 5 heteroatoms. The minimum Gasteiger partial charge on any atom is -0.405 e. The van der Waals surface area contributed by atoms with Gasteiger partial charge in [0.05, 0.1) is 12.7 Å². The summed E-state index contributed by atoms with van der Waals surface area (Å²) >= 11 is 12.4. The second kappa shape index (κ2) is 11.8. The molecule has 0 fully saturated rings. The van der Waals surface area contributed by atoms with Crippen molar-refractivity contribution in [2.24, 2.45) is 0 Å². The number of hydrogen-bond donors (Lipinski definition) is 0. The minimum atomic E-state index is -2.72. The van der Waals surface area contributed by atoms with Crippen molar-refractivity contribution in [3.8, 4) is 0 Å². The molecule has 0 aromatic heterocycles. The van der Waals surface area contributed by atoms with Gasteiger partial charge in [0.1, 0.15) is 6.10 Å². The molecule has 2 nitrogen and oxygen atoms in total. The molecule has 0 aliphatic carbocycles. The maximum atomic E-state index is 7.32. The molecule has 0 unspecified atom stereocenters. The number of ether oxygens (including phenoxy) is 1. The van der Waals surface area contributed by atoms with Crippen LogP contribution in [0.25, 0.3) is 0 Å². The summed E-state index contributed by atoms with van der Waals surface area (Å²) in [6, 6.07) is 37.4. The first kappa shape index (κ1) is 27.9. The molecule has 1 aliphatic heterocycles. The number of rotatable bonds is 7. The van der Waals surface area contributed by atoms with Gasteiger partial charge in [0.25, 0.3) is 8.32 Å². The van der Waals surface area contributed by atoms with Gasteiger partial charge in [0.2, 0.25) is 0 Å². The Morgan fingerprint density at radius 2 is 1.15 bits per heavy atom. The van der Waals surface area contributed by atoms with Crippen molar-refractivity contribution < 1.29 is 9.16 Å². The number of halogens is 2. The lowest BCUT2D eigenvalue weighted by molar-refractivity contribution is -0.0320. The van der Waals surface area contributed by atoms with Gasteiger partial charge in [0.15, 0.2) is 0 Å². The average Bonchev–Trinajstić information content (AvgIpc) is 2.95. The van der Waals surface area contributed by atoms with Crippen LogP contribution in [0.15, 0.2) is 121 Å². The highest BCUT2D eigenvalue weighted by Crippen LogP contribution is 2.40. The van der Waals surface area contributed by atoms with Crippen molar-refractivity contribution in [3.63, 3.8) is 0 Å². The minimum absolute atomic E-state index is 0.0315. The number of hydrogen-bond acceptors (Lipinski definition) is 2. The Balaban J connectivity index is 1.54. The van der Waals surface area contributed by atoms with Crippen LogP contribution in [-0.4, -0.2) is 21.0 Å². The molecule has 39 heavy (non-hydrogen) atoms. The van der Waals surface area contributed by atoms with Crippen LogP contribution in [0, 0.1) is 0 Å². The smallest absolute Gasteiger partial charge is 0.261 e. The Bertz CT molecular complexity index is 1340. The van der Waals surface area contributed by atoms with Crippen molar-refractivity contribution in [1.82, 2.24) is 0 Å². The molecule has 0 saturated heterocycles. The van der Waals surface area contributed by atoms with Crippen molar-refractivity contribution in [1.29, 1.82) is 0 Å². The van der Waals surface area contributed by atoms with E-state index >= 15 is 0 Å². The van der Waals surface area contributed by atoms with Crippen LogP contribution in [-0.2, 0) is 9.16 Å². The molecule has 5 rings (SSSR count).